The van der Waals surface area contributed by atoms with E-state index in [1.165, 1.54) is 31.2 Å². The summed E-state index contributed by atoms with van der Waals surface area (Å²) in [6.07, 6.45) is 6.60. The smallest absolute Gasteiger partial charge is 0.356 e. The highest BCUT2D eigenvalue weighted by Gasteiger charge is 2.14. The first-order valence-corrected chi connectivity index (χ1v) is 6.71. The lowest BCUT2D eigenvalue weighted by Crippen LogP contribution is -2.20. The van der Waals surface area contributed by atoms with Gasteiger partial charge in [0.25, 0.3) is 0 Å². The van der Waals surface area contributed by atoms with Gasteiger partial charge < -0.3 is 10.4 Å². The maximum atomic E-state index is 10.7. The number of anilines is 1. The second-order valence-electron chi connectivity index (χ2n) is 3.96. The number of aromatic nitrogens is 2. The molecule has 2 heterocycles. The molecule has 1 saturated heterocycles. The van der Waals surface area contributed by atoms with Crippen LogP contribution in [-0.4, -0.2) is 38.6 Å². The highest BCUT2D eigenvalue weighted by molar-refractivity contribution is 7.99. The van der Waals surface area contributed by atoms with Gasteiger partial charge in [0.2, 0.25) is 0 Å². The summed E-state index contributed by atoms with van der Waals surface area (Å²) in [6.45, 7) is 0.822. The normalized spacial score (nSPS) is 19.9. The van der Waals surface area contributed by atoms with Crippen LogP contribution in [0, 0.1) is 0 Å². The molecule has 0 bridgehead atoms. The molecule has 1 aliphatic rings. The van der Waals surface area contributed by atoms with Crippen LogP contribution < -0.4 is 5.32 Å². The van der Waals surface area contributed by atoms with E-state index < -0.39 is 5.97 Å². The van der Waals surface area contributed by atoms with E-state index in [0.29, 0.717) is 11.1 Å². The van der Waals surface area contributed by atoms with Gasteiger partial charge in [0.05, 0.1) is 12.4 Å². The summed E-state index contributed by atoms with van der Waals surface area (Å²) in [5.41, 5.74) is -0.0219. The summed E-state index contributed by atoms with van der Waals surface area (Å²) in [6, 6.07) is 0. The first kappa shape index (κ1) is 12.2. The Kier molecular flexibility index (Phi) is 4.19. The average molecular weight is 253 g/mol. The van der Waals surface area contributed by atoms with Gasteiger partial charge in [-0.25, -0.2) is 9.78 Å². The molecular formula is C11H15N3O2S. The fraction of sp³-hybridized carbons (Fsp3) is 0.545. The lowest BCUT2D eigenvalue weighted by molar-refractivity contribution is 0.0690. The van der Waals surface area contributed by atoms with Crippen molar-refractivity contribution in [2.45, 2.75) is 24.5 Å². The maximum Gasteiger partial charge on any atom is 0.356 e. The number of thioether (sulfide) groups is 1. The number of hydrogen-bond acceptors (Lipinski definition) is 5. The molecule has 1 unspecified atom stereocenters. The molecule has 6 heteroatoms. The van der Waals surface area contributed by atoms with Gasteiger partial charge in [-0.15, -0.1) is 0 Å². The van der Waals surface area contributed by atoms with Crippen molar-refractivity contribution in [2.24, 2.45) is 0 Å². The van der Waals surface area contributed by atoms with E-state index in [1.54, 1.807) is 6.20 Å². The minimum atomic E-state index is -1.05. The molecule has 1 aliphatic heterocycles. The molecular weight excluding hydrogens is 238 g/mol. The molecule has 0 saturated carbocycles. The second-order valence-corrected chi connectivity index (χ2v) is 5.37. The Morgan fingerprint density at radius 3 is 3.12 bits per heavy atom. The molecule has 5 nitrogen and oxygen atoms in total. The highest BCUT2D eigenvalue weighted by atomic mass is 32.2. The number of nitrogens with zero attached hydrogens (tertiary/aromatic N) is 2. The van der Waals surface area contributed by atoms with E-state index in [2.05, 4.69) is 15.3 Å². The Balaban J connectivity index is 1.89. The van der Waals surface area contributed by atoms with Gasteiger partial charge in [0.15, 0.2) is 5.69 Å². The fourth-order valence-corrected chi connectivity index (χ4v) is 2.98. The van der Waals surface area contributed by atoms with Crippen molar-refractivity contribution in [1.29, 1.82) is 0 Å². The Hall–Kier alpha value is -1.30. The number of carboxylic acid groups (broad SMARTS) is 1. The summed E-state index contributed by atoms with van der Waals surface area (Å²) >= 11 is 1.97. The van der Waals surface area contributed by atoms with Crippen LogP contribution in [0.2, 0.25) is 0 Å². The fourth-order valence-electron chi connectivity index (χ4n) is 1.74. The zero-order chi connectivity index (χ0) is 12.1. The summed E-state index contributed by atoms with van der Waals surface area (Å²) in [4.78, 5) is 18.6. The van der Waals surface area contributed by atoms with Crippen LogP contribution in [0.4, 0.5) is 5.82 Å². The van der Waals surface area contributed by atoms with Crippen LogP contribution in [0.3, 0.4) is 0 Å². The monoisotopic (exact) mass is 253 g/mol. The molecule has 0 aromatic carbocycles. The molecule has 17 heavy (non-hydrogen) atoms. The number of aromatic carboxylic acids is 1. The predicted molar refractivity (Wildman–Crippen MR) is 67.6 cm³/mol. The summed E-state index contributed by atoms with van der Waals surface area (Å²) in [5.74, 6) is 0.706. The molecule has 1 aromatic heterocycles. The lowest BCUT2D eigenvalue weighted by Gasteiger charge is -2.21. The minimum Gasteiger partial charge on any atom is -0.476 e. The standard InChI is InChI=1S/C11H15N3O2S/c15-11(16)9-6-12-7-10(14-9)13-5-8-3-1-2-4-17-8/h6-8H,1-5H2,(H,13,14)(H,15,16). The van der Waals surface area contributed by atoms with Gasteiger partial charge in [-0.1, -0.05) is 6.42 Å². The summed E-state index contributed by atoms with van der Waals surface area (Å²) in [5, 5.41) is 12.5. The van der Waals surface area contributed by atoms with Crippen molar-refractivity contribution in [3.8, 4) is 0 Å². The number of carboxylic acids is 1. The van der Waals surface area contributed by atoms with Crippen molar-refractivity contribution in [2.75, 3.05) is 17.6 Å². The van der Waals surface area contributed by atoms with Gasteiger partial charge in [0.1, 0.15) is 5.82 Å². The number of rotatable bonds is 4. The zero-order valence-electron chi connectivity index (χ0n) is 9.43. The van der Waals surface area contributed by atoms with Crippen LogP contribution in [0.1, 0.15) is 29.8 Å². The van der Waals surface area contributed by atoms with Gasteiger partial charge in [-0.05, 0) is 18.6 Å². The first-order valence-electron chi connectivity index (χ1n) is 5.66. The predicted octanol–water partition coefficient (Wildman–Crippen LogP) is 1.87. The number of nitrogens with one attached hydrogen (secondary N) is 1. The third-order valence-electron chi connectivity index (χ3n) is 2.64. The van der Waals surface area contributed by atoms with Gasteiger partial charge >= 0.3 is 5.97 Å². The molecule has 1 atom stereocenters. The van der Waals surface area contributed by atoms with E-state index in [1.807, 2.05) is 11.8 Å². The molecule has 2 N–H and O–H groups in total. The van der Waals surface area contributed by atoms with Crippen LogP contribution in [0.15, 0.2) is 12.4 Å². The first-order chi connectivity index (χ1) is 8.25. The van der Waals surface area contributed by atoms with Crippen LogP contribution in [0.5, 0.6) is 0 Å². The van der Waals surface area contributed by atoms with E-state index in [0.717, 1.165) is 6.54 Å². The molecule has 0 radical (unpaired) electrons. The largest absolute Gasteiger partial charge is 0.476 e. The third kappa shape index (κ3) is 3.59. The summed E-state index contributed by atoms with van der Waals surface area (Å²) in [7, 11) is 0. The van der Waals surface area contributed by atoms with E-state index in [9.17, 15) is 4.79 Å². The van der Waals surface area contributed by atoms with E-state index in [4.69, 9.17) is 5.11 Å². The molecule has 0 aliphatic carbocycles. The Labute approximate surface area is 104 Å². The molecule has 0 amide bonds. The highest BCUT2D eigenvalue weighted by Crippen LogP contribution is 2.24. The van der Waals surface area contributed by atoms with Crippen LogP contribution in [-0.2, 0) is 0 Å². The Morgan fingerprint density at radius 2 is 2.41 bits per heavy atom. The topological polar surface area (TPSA) is 75.1 Å². The molecule has 2 rings (SSSR count). The zero-order valence-corrected chi connectivity index (χ0v) is 10.2. The van der Waals surface area contributed by atoms with Crippen molar-refractivity contribution >= 4 is 23.5 Å². The van der Waals surface area contributed by atoms with Crippen molar-refractivity contribution < 1.29 is 9.90 Å². The van der Waals surface area contributed by atoms with Crippen molar-refractivity contribution in [1.82, 2.24) is 9.97 Å². The molecule has 92 valence electrons. The van der Waals surface area contributed by atoms with Gasteiger partial charge in [0, 0.05) is 11.8 Å². The van der Waals surface area contributed by atoms with E-state index in [-0.39, 0.29) is 5.69 Å². The summed E-state index contributed by atoms with van der Waals surface area (Å²) < 4.78 is 0. The lowest BCUT2D eigenvalue weighted by atomic mass is 10.2. The van der Waals surface area contributed by atoms with Gasteiger partial charge in [-0.2, -0.15) is 11.8 Å². The maximum absolute atomic E-state index is 10.7. The van der Waals surface area contributed by atoms with Crippen LogP contribution in [0.25, 0.3) is 0 Å². The minimum absolute atomic E-state index is 0.0219. The van der Waals surface area contributed by atoms with Crippen LogP contribution >= 0.6 is 11.8 Å². The quantitative estimate of drug-likeness (QED) is 0.853. The average Bonchev–Trinajstić information content (AvgIpc) is 2.38. The molecule has 0 spiro atoms. The molecule has 1 aromatic rings. The van der Waals surface area contributed by atoms with Crippen molar-refractivity contribution in [3.63, 3.8) is 0 Å². The Bertz CT molecular complexity index is 394. The van der Waals surface area contributed by atoms with Crippen molar-refractivity contribution in [3.05, 3.63) is 18.1 Å². The number of hydrogen-bond donors (Lipinski definition) is 2. The van der Waals surface area contributed by atoms with E-state index >= 15 is 0 Å². The Morgan fingerprint density at radius 1 is 1.53 bits per heavy atom. The molecule has 1 fully saturated rings. The third-order valence-corrected chi connectivity index (χ3v) is 4.04. The number of carbonyl (C=O) groups is 1. The van der Waals surface area contributed by atoms with Gasteiger partial charge in [-0.3, -0.25) is 4.98 Å². The SMILES string of the molecule is O=C(O)c1cncc(NCC2CCCCS2)n1. The second kappa shape index (κ2) is 5.86.